The van der Waals surface area contributed by atoms with Gasteiger partial charge in [0.2, 0.25) is 11.8 Å². The summed E-state index contributed by atoms with van der Waals surface area (Å²) in [6.07, 6.45) is 1.64. The second kappa shape index (κ2) is 18.5. The van der Waals surface area contributed by atoms with Crippen LogP contribution in [-0.4, -0.2) is 91.3 Å². The first-order valence-electron chi connectivity index (χ1n) is 16.7. The lowest BCUT2D eigenvalue weighted by Gasteiger charge is -2.38. The summed E-state index contributed by atoms with van der Waals surface area (Å²) in [5, 5.41) is 5.21. The van der Waals surface area contributed by atoms with Crippen molar-refractivity contribution in [2.75, 3.05) is 33.4 Å². The van der Waals surface area contributed by atoms with Gasteiger partial charge in [-0.15, -0.1) is 0 Å². The Morgan fingerprint density at radius 3 is 2.33 bits per heavy atom. The molecule has 0 radical (unpaired) electrons. The molecular formula is C37H45N5O10. The quantitative estimate of drug-likeness (QED) is 0.173. The monoisotopic (exact) mass is 719 g/mol. The van der Waals surface area contributed by atoms with E-state index < -0.39 is 48.5 Å². The third kappa shape index (κ3) is 12.6. The van der Waals surface area contributed by atoms with Gasteiger partial charge < -0.3 is 45.0 Å². The molecule has 0 spiro atoms. The largest absolute Gasteiger partial charge is 0.484 e. The predicted octanol–water partition coefficient (Wildman–Crippen LogP) is 3.36. The van der Waals surface area contributed by atoms with Crippen LogP contribution in [-0.2, 0) is 35.2 Å². The van der Waals surface area contributed by atoms with E-state index in [4.69, 9.17) is 29.4 Å². The second-order valence-corrected chi connectivity index (χ2v) is 13.3. The first kappa shape index (κ1) is 39.1. The van der Waals surface area contributed by atoms with Crippen LogP contribution in [0.4, 0.5) is 4.79 Å². The fraction of sp³-hybridized carbons (Fsp3) is 0.405. The molecule has 1 unspecified atom stereocenters. The van der Waals surface area contributed by atoms with Crippen LogP contribution in [0.3, 0.4) is 0 Å². The number of aromatic nitrogens is 1. The van der Waals surface area contributed by atoms with E-state index in [0.717, 1.165) is 5.56 Å². The van der Waals surface area contributed by atoms with Gasteiger partial charge in [0.1, 0.15) is 30.2 Å². The number of nitrogens with zero attached hydrogens (tertiary/aromatic N) is 2. The van der Waals surface area contributed by atoms with Crippen LogP contribution in [0.25, 0.3) is 0 Å². The molecule has 2 atom stereocenters. The molecule has 52 heavy (non-hydrogen) atoms. The van der Waals surface area contributed by atoms with Crippen molar-refractivity contribution in [1.29, 1.82) is 0 Å². The number of likely N-dealkylation sites (tertiary alicyclic amines) is 1. The molecule has 1 aromatic heterocycles. The SMILES string of the molecule is COC(=O)[C@H](CCC(C)(C)C)NC(=O)c1ccc(Oc2cccc(OCC(=O)NC(COC3CN(C(=O)OCc4ccccc4)C3)C(N)=O)c2)nc1. The number of nitrogens with one attached hydrogen (secondary N) is 2. The molecule has 1 aliphatic rings. The molecule has 1 aliphatic heterocycles. The molecule has 2 heterocycles. The summed E-state index contributed by atoms with van der Waals surface area (Å²) < 4.78 is 27.2. The number of ether oxygens (including phenoxy) is 5. The zero-order valence-electron chi connectivity index (χ0n) is 29.7. The third-order valence-corrected chi connectivity index (χ3v) is 7.86. The number of rotatable bonds is 17. The Morgan fingerprint density at radius 1 is 0.942 bits per heavy atom. The molecule has 4 N–H and O–H groups in total. The zero-order chi connectivity index (χ0) is 37.7. The molecule has 1 saturated heterocycles. The van der Waals surface area contributed by atoms with Gasteiger partial charge in [-0.1, -0.05) is 57.2 Å². The van der Waals surface area contributed by atoms with Gasteiger partial charge >= 0.3 is 12.1 Å². The average Bonchev–Trinajstić information content (AvgIpc) is 3.10. The van der Waals surface area contributed by atoms with Gasteiger partial charge in [-0.05, 0) is 42.0 Å². The normalized spacial score (nSPS) is 13.9. The van der Waals surface area contributed by atoms with Crippen molar-refractivity contribution in [3.63, 3.8) is 0 Å². The number of carbonyl (C=O) groups excluding carboxylic acids is 5. The molecule has 2 aromatic carbocycles. The summed E-state index contributed by atoms with van der Waals surface area (Å²) in [6.45, 7) is 6.24. The molecule has 15 nitrogen and oxygen atoms in total. The van der Waals surface area contributed by atoms with E-state index >= 15 is 0 Å². The topological polar surface area (TPSA) is 198 Å². The average molecular weight is 720 g/mol. The fourth-order valence-electron chi connectivity index (χ4n) is 4.85. The maximum Gasteiger partial charge on any atom is 0.410 e. The number of carbonyl (C=O) groups is 5. The summed E-state index contributed by atoms with van der Waals surface area (Å²) in [6, 6.07) is 16.9. The van der Waals surface area contributed by atoms with Crippen molar-refractivity contribution in [3.05, 3.63) is 84.1 Å². The number of amides is 4. The second-order valence-electron chi connectivity index (χ2n) is 13.3. The van der Waals surface area contributed by atoms with Crippen molar-refractivity contribution in [1.82, 2.24) is 20.5 Å². The standard InChI is InChI=1S/C37H45N5O10/c1-37(2,3)16-15-29(35(46)48-4)41-34(45)25-13-14-32(39-18-25)52-27-12-8-11-26(17-27)50-23-31(43)40-30(33(38)44)22-49-28-19-42(20-28)36(47)51-21-24-9-6-5-7-10-24/h5-14,17-18,28-30H,15-16,19-23H2,1-4H3,(H2,38,44)(H,40,43)(H,41,45)/t29-,30?/m0/s1. The number of hydrogen-bond acceptors (Lipinski definition) is 11. The number of primary amides is 1. The van der Waals surface area contributed by atoms with Gasteiger partial charge in [0.15, 0.2) is 6.61 Å². The maximum atomic E-state index is 12.8. The van der Waals surface area contributed by atoms with Gasteiger partial charge in [0.05, 0.1) is 38.5 Å². The lowest BCUT2D eigenvalue weighted by atomic mass is 9.88. The molecule has 0 aliphatic carbocycles. The van der Waals surface area contributed by atoms with Gasteiger partial charge in [-0.2, -0.15) is 0 Å². The minimum atomic E-state index is -1.11. The lowest BCUT2D eigenvalue weighted by Crippen LogP contribution is -2.57. The van der Waals surface area contributed by atoms with Crippen LogP contribution < -0.4 is 25.8 Å². The molecule has 0 saturated carbocycles. The predicted molar refractivity (Wildman–Crippen MR) is 187 cm³/mol. The summed E-state index contributed by atoms with van der Waals surface area (Å²) in [7, 11) is 1.28. The van der Waals surface area contributed by atoms with Gasteiger partial charge in [-0.3, -0.25) is 14.4 Å². The number of methoxy groups -OCH3 is 1. The molecule has 4 amide bonds. The van der Waals surface area contributed by atoms with E-state index in [2.05, 4.69) is 15.6 Å². The summed E-state index contributed by atoms with van der Waals surface area (Å²) >= 11 is 0. The van der Waals surface area contributed by atoms with Crippen molar-refractivity contribution >= 4 is 29.8 Å². The van der Waals surface area contributed by atoms with Crippen molar-refractivity contribution in [2.24, 2.45) is 11.1 Å². The number of benzene rings is 2. The highest BCUT2D eigenvalue weighted by Gasteiger charge is 2.34. The highest BCUT2D eigenvalue weighted by molar-refractivity contribution is 5.96. The highest BCUT2D eigenvalue weighted by Crippen LogP contribution is 2.25. The fourth-order valence-corrected chi connectivity index (χ4v) is 4.85. The van der Waals surface area contributed by atoms with Crippen LogP contribution >= 0.6 is 0 Å². The first-order valence-corrected chi connectivity index (χ1v) is 16.7. The van der Waals surface area contributed by atoms with E-state index in [0.29, 0.717) is 24.3 Å². The molecule has 4 rings (SSSR count). The molecule has 0 bridgehead atoms. The number of hydrogen-bond donors (Lipinski definition) is 3. The molecule has 1 fully saturated rings. The smallest absolute Gasteiger partial charge is 0.410 e. The van der Waals surface area contributed by atoms with Gasteiger partial charge in [0, 0.05) is 18.3 Å². The first-order chi connectivity index (χ1) is 24.8. The molecule has 15 heteroatoms. The van der Waals surface area contributed by atoms with Crippen LogP contribution in [0.15, 0.2) is 72.9 Å². The van der Waals surface area contributed by atoms with E-state index in [-0.39, 0.29) is 49.3 Å². The van der Waals surface area contributed by atoms with Crippen molar-refractivity contribution < 1.29 is 47.7 Å². The van der Waals surface area contributed by atoms with E-state index in [1.807, 2.05) is 51.1 Å². The van der Waals surface area contributed by atoms with Crippen LogP contribution in [0.1, 0.15) is 49.5 Å². The van der Waals surface area contributed by atoms with Crippen molar-refractivity contribution in [2.45, 2.75) is 58.4 Å². The van der Waals surface area contributed by atoms with E-state index in [9.17, 15) is 24.0 Å². The third-order valence-electron chi connectivity index (χ3n) is 7.86. The Morgan fingerprint density at radius 2 is 1.67 bits per heavy atom. The number of pyridine rings is 1. The molecular weight excluding hydrogens is 674 g/mol. The summed E-state index contributed by atoms with van der Waals surface area (Å²) in [4.78, 5) is 67.5. The lowest BCUT2D eigenvalue weighted by molar-refractivity contribution is -0.143. The van der Waals surface area contributed by atoms with E-state index in [1.165, 1.54) is 36.4 Å². The maximum absolute atomic E-state index is 12.8. The minimum Gasteiger partial charge on any atom is -0.484 e. The molecule has 3 aromatic rings. The van der Waals surface area contributed by atoms with Crippen molar-refractivity contribution in [3.8, 4) is 17.4 Å². The number of nitrogens with two attached hydrogens (primary N) is 1. The zero-order valence-corrected chi connectivity index (χ0v) is 29.7. The van der Waals surface area contributed by atoms with Crippen LogP contribution in [0, 0.1) is 5.41 Å². The summed E-state index contributed by atoms with van der Waals surface area (Å²) in [5.41, 5.74) is 6.54. The Kier molecular flexibility index (Phi) is 13.9. The van der Waals surface area contributed by atoms with Gasteiger partial charge in [0.25, 0.3) is 11.8 Å². The Bertz CT molecular complexity index is 1670. The molecule has 278 valence electrons. The number of esters is 1. The summed E-state index contributed by atoms with van der Waals surface area (Å²) in [5.74, 6) is -1.57. The van der Waals surface area contributed by atoms with Gasteiger partial charge in [-0.25, -0.2) is 14.6 Å². The minimum absolute atomic E-state index is 0.0280. The van der Waals surface area contributed by atoms with Crippen LogP contribution in [0.5, 0.6) is 17.4 Å². The Balaban J connectivity index is 1.19. The highest BCUT2D eigenvalue weighted by atomic mass is 16.6. The van der Waals surface area contributed by atoms with E-state index in [1.54, 1.807) is 18.2 Å². The Labute approximate surface area is 302 Å². The Hall–Kier alpha value is -5.70. The van der Waals surface area contributed by atoms with Crippen LogP contribution in [0.2, 0.25) is 0 Å².